The number of ether oxygens (including phenoxy) is 1. The maximum absolute atomic E-state index is 12.9. The maximum atomic E-state index is 12.9. The second-order valence-electron chi connectivity index (χ2n) is 8.61. The predicted octanol–water partition coefficient (Wildman–Crippen LogP) is 4.77. The standard InChI is InChI=1S/C28H16Cl2N4O5/c29-15-1-11-21-23(13-15)31-27(37)33(25(21)35)17-3-7-19(8-4-17)39-20-9-5-18(6-10-20)34-26(36)22-12-2-16(30)14-24(22)32-28(34)38/h1-14H,(H,31,37)(H,32,38). The topological polar surface area (TPSA) is 119 Å². The number of aromatic nitrogens is 4. The molecular weight excluding hydrogens is 543 g/mol. The number of aromatic amines is 2. The van der Waals surface area contributed by atoms with Gasteiger partial charge in [0.15, 0.2) is 0 Å². The number of halogens is 2. The van der Waals surface area contributed by atoms with Crippen LogP contribution in [0.2, 0.25) is 10.0 Å². The van der Waals surface area contributed by atoms with Crippen molar-refractivity contribution in [3.05, 3.63) is 137 Å². The highest BCUT2D eigenvalue weighted by Crippen LogP contribution is 2.24. The second-order valence-corrected chi connectivity index (χ2v) is 9.48. The van der Waals surface area contributed by atoms with Crippen LogP contribution in [0.15, 0.2) is 104 Å². The fraction of sp³-hybridized carbons (Fsp3) is 0. The van der Waals surface area contributed by atoms with Gasteiger partial charge in [-0.2, -0.15) is 0 Å². The molecule has 2 heterocycles. The average Bonchev–Trinajstić information content (AvgIpc) is 2.90. The average molecular weight is 559 g/mol. The van der Waals surface area contributed by atoms with Crippen LogP contribution in [0.5, 0.6) is 11.5 Å². The van der Waals surface area contributed by atoms with Gasteiger partial charge in [-0.15, -0.1) is 0 Å². The molecule has 0 bridgehead atoms. The van der Waals surface area contributed by atoms with Gasteiger partial charge in [0.05, 0.1) is 33.2 Å². The summed E-state index contributed by atoms with van der Waals surface area (Å²) in [6, 6.07) is 22.1. The highest BCUT2D eigenvalue weighted by Gasteiger charge is 2.12. The number of rotatable bonds is 4. The van der Waals surface area contributed by atoms with Crippen LogP contribution in [-0.4, -0.2) is 19.1 Å². The Labute approximate surface area is 228 Å². The van der Waals surface area contributed by atoms with E-state index in [1.54, 1.807) is 72.8 Å². The first-order valence-electron chi connectivity index (χ1n) is 11.6. The third kappa shape index (κ3) is 4.43. The first-order valence-corrected chi connectivity index (χ1v) is 12.3. The molecule has 2 N–H and O–H groups in total. The van der Waals surface area contributed by atoms with Gasteiger partial charge in [-0.05, 0) is 84.9 Å². The number of H-pyrrole nitrogens is 2. The van der Waals surface area contributed by atoms with Crippen LogP contribution in [0, 0.1) is 0 Å². The molecule has 0 unspecified atom stereocenters. The van der Waals surface area contributed by atoms with E-state index in [0.717, 1.165) is 9.13 Å². The Morgan fingerprint density at radius 3 is 1.31 bits per heavy atom. The zero-order chi connectivity index (χ0) is 27.3. The molecule has 0 spiro atoms. The van der Waals surface area contributed by atoms with E-state index in [-0.39, 0.29) is 0 Å². The maximum Gasteiger partial charge on any atom is 0.333 e. The Hall–Kier alpha value is -4.86. The van der Waals surface area contributed by atoms with Crippen LogP contribution in [0.25, 0.3) is 33.2 Å². The molecule has 0 fully saturated rings. The summed E-state index contributed by atoms with van der Waals surface area (Å²) in [5.41, 5.74) is -0.714. The number of hydrogen-bond acceptors (Lipinski definition) is 5. The van der Waals surface area contributed by atoms with Gasteiger partial charge in [0.1, 0.15) is 11.5 Å². The SMILES string of the molecule is O=c1[nH]c2cc(Cl)ccc2c(=O)n1-c1ccc(Oc2ccc(-n3c(=O)[nH]c4cc(Cl)ccc4c3=O)cc2)cc1. The summed E-state index contributed by atoms with van der Waals surface area (Å²) in [6.45, 7) is 0. The monoisotopic (exact) mass is 558 g/mol. The minimum atomic E-state index is -0.596. The van der Waals surface area contributed by atoms with Crippen molar-refractivity contribution in [2.24, 2.45) is 0 Å². The summed E-state index contributed by atoms with van der Waals surface area (Å²) in [5.74, 6) is 0.891. The third-order valence-electron chi connectivity index (χ3n) is 6.15. The molecule has 0 aliphatic heterocycles. The van der Waals surface area contributed by atoms with Gasteiger partial charge in [0, 0.05) is 10.0 Å². The number of nitrogens with one attached hydrogen (secondary N) is 2. The van der Waals surface area contributed by atoms with E-state index in [9.17, 15) is 19.2 Å². The van der Waals surface area contributed by atoms with Gasteiger partial charge >= 0.3 is 11.4 Å². The van der Waals surface area contributed by atoms with Crippen molar-refractivity contribution in [3.63, 3.8) is 0 Å². The van der Waals surface area contributed by atoms with E-state index in [1.807, 2.05) is 0 Å². The van der Waals surface area contributed by atoms with Gasteiger partial charge in [-0.3, -0.25) is 9.59 Å². The van der Waals surface area contributed by atoms with Crippen LogP contribution in [-0.2, 0) is 0 Å². The molecule has 39 heavy (non-hydrogen) atoms. The molecule has 0 atom stereocenters. The largest absolute Gasteiger partial charge is 0.457 e. The van der Waals surface area contributed by atoms with Crippen molar-refractivity contribution in [2.75, 3.05) is 0 Å². The van der Waals surface area contributed by atoms with Gasteiger partial charge in [-0.1, -0.05) is 23.2 Å². The van der Waals surface area contributed by atoms with Crippen molar-refractivity contribution < 1.29 is 4.74 Å². The third-order valence-corrected chi connectivity index (χ3v) is 6.62. The molecular formula is C28H16Cl2N4O5. The fourth-order valence-electron chi connectivity index (χ4n) is 4.31. The molecule has 11 heteroatoms. The molecule has 0 saturated carbocycles. The molecule has 2 aromatic heterocycles. The summed E-state index contributed by atoms with van der Waals surface area (Å²) in [5, 5.41) is 1.47. The summed E-state index contributed by atoms with van der Waals surface area (Å²) < 4.78 is 7.93. The summed E-state index contributed by atoms with van der Waals surface area (Å²) in [6.07, 6.45) is 0. The highest BCUT2D eigenvalue weighted by molar-refractivity contribution is 6.31. The lowest BCUT2D eigenvalue weighted by atomic mass is 10.2. The van der Waals surface area contributed by atoms with E-state index in [1.165, 1.54) is 12.1 Å². The quantitative estimate of drug-likeness (QED) is 0.323. The molecule has 0 aliphatic rings. The first kappa shape index (κ1) is 24.5. The normalized spacial score (nSPS) is 11.2. The number of nitrogens with zero attached hydrogens (tertiary/aromatic N) is 2. The Kier molecular flexibility index (Phi) is 5.94. The zero-order valence-corrected chi connectivity index (χ0v) is 21.3. The molecule has 0 radical (unpaired) electrons. The fourth-order valence-corrected chi connectivity index (χ4v) is 4.66. The Morgan fingerprint density at radius 1 is 0.538 bits per heavy atom. The molecule has 0 aliphatic carbocycles. The van der Waals surface area contributed by atoms with Crippen LogP contribution in [0.4, 0.5) is 0 Å². The van der Waals surface area contributed by atoms with E-state index < -0.39 is 22.5 Å². The lowest BCUT2D eigenvalue weighted by Gasteiger charge is -2.10. The lowest BCUT2D eigenvalue weighted by Crippen LogP contribution is -2.33. The van der Waals surface area contributed by atoms with Crippen LogP contribution >= 0.6 is 23.2 Å². The summed E-state index contributed by atoms with van der Waals surface area (Å²) in [4.78, 5) is 56.4. The molecule has 0 amide bonds. The van der Waals surface area contributed by atoms with Gasteiger partial charge in [0.25, 0.3) is 11.1 Å². The summed E-state index contributed by atoms with van der Waals surface area (Å²) in [7, 11) is 0. The van der Waals surface area contributed by atoms with Crippen LogP contribution in [0.3, 0.4) is 0 Å². The van der Waals surface area contributed by atoms with Gasteiger partial charge in [0.2, 0.25) is 0 Å². The number of fused-ring (bicyclic) bond motifs is 2. The van der Waals surface area contributed by atoms with Crippen LogP contribution < -0.4 is 27.2 Å². The van der Waals surface area contributed by atoms with Crippen LogP contribution in [0.1, 0.15) is 0 Å². The molecule has 192 valence electrons. The Balaban J connectivity index is 1.27. The lowest BCUT2D eigenvalue weighted by molar-refractivity contribution is 0.482. The van der Waals surface area contributed by atoms with Gasteiger partial charge in [-0.25, -0.2) is 18.7 Å². The summed E-state index contributed by atoms with van der Waals surface area (Å²) >= 11 is 11.9. The molecule has 0 saturated heterocycles. The number of hydrogen-bond donors (Lipinski definition) is 2. The zero-order valence-electron chi connectivity index (χ0n) is 19.8. The minimum Gasteiger partial charge on any atom is -0.457 e. The minimum absolute atomic E-state index is 0.326. The molecule has 6 aromatic rings. The van der Waals surface area contributed by atoms with Crippen molar-refractivity contribution in [1.29, 1.82) is 0 Å². The van der Waals surface area contributed by atoms with Crippen molar-refractivity contribution in [1.82, 2.24) is 19.1 Å². The van der Waals surface area contributed by atoms with Crippen molar-refractivity contribution in [2.45, 2.75) is 0 Å². The molecule has 6 rings (SSSR count). The number of benzene rings is 4. The Bertz CT molecular complexity index is 1990. The Morgan fingerprint density at radius 2 is 0.923 bits per heavy atom. The first-order chi connectivity index (χ1) is 18.8. The smallest absolute Gasteiger partial charge is 0.333 e. The molecule has 4 aromatic carbocycles. The molecule has 9 nitrogen and oxygen atoms in total. The van der Waals surface area contributed by atoms with E-state index >= 15 is 0 Å². The van der Waals surface area contributed by atoms with E-state index in [2.05, 4.69) is 9.97 Å². The van der Waals surface area contributed by atoms with Crippen molar-refractivity contribution in [3.8, 4) is 22.9 Å². The second kappa shape index (κ2) is 9.46. The predicted molar refractivity (Wildman–Crippen MR) is 150 cm³/mol. The van der Waals surface area contributed by atoms with Crippen molar-refractivity contribution >= 4 is 45.0 Å². The highest BCUT2D eigenvalue weighted by atomic mass is 35.5. The van der Waals surface area contributed by atoms with E-state index in [4.69, 9.17) is 27.9 Å². The van der Waals surface area contributed by atoms with Gasteiger partial charge < -0.3 is 14.7 Å². The van der Waals surface area contributed by atoms with E-state index in [0.29, 0.717) is 54.7 Å².